The Morgan fingerprint density at radius 1 is 1.30 bits per heavy atom. The number of halogens is 1. The maximum atomic E-state index is 12.3. The quantitative estimate of drug-likeness (QED) is 0.573. The summed E-state index contributed by atoms with van der Waals surface area (Å²) in [7, 11) is 0. The molecule has 1 aromatic carbocycles. The SMILES string of the molecule is Cc1nc2ccc(Cl)cn2c1C(=O)N/N=C\c1ccc(O)cc1. The Balaban J connectivity index is 1.82. The van der Waals surface area contributed by atoms with E-state index in [9.17, 15) is 9.90 Å². The molecule has 0 aliphatic rings. The van der Waals surface area contributed by atoms with Crippen LogP contribution < -0.4 is 5.43 Å². The lowest BCUT2D eigenvalue weighted by Gasteiger charge is -2.02. The van der Waals surface area contributed by atoms with E-state index in [4.69, 9.17) is 11.6 Å². The largest absolute Gasteiger partial charge is 0.508 e. The summed E-state index contributed by atoms with van der Waals surface area (Å²) in [5.74, 6) is -0.211. The zero-order chi connectivity index (χ0) is 16.4. The highest BCUT2D eigenvalue weighted by atomic mass is 35.5. The topological polar surface area (TPSA) is 79.0 Å². The minimum atomic E-state index is -0.382. The number of aromatic nitrogens is 2. The first-order valence-electron chi connectivity index (χ1n) is 6.81. The highest BCUT2D eigenvalue weighted by Gasteiger charge is 2.16. The lowest BCUT2D eigenvalue weighted by molar-refractivity contribution is 0.0948. The molecule has 0 saturated carbocycles. The number of phenolic OH excluding ortho intramolecular Hbond substituents is 1. The van der Waals surface area contributed by atoms with Crippen LogP contribution in [0.15, 0.2) is 47.7 Å². The van der Waals surface area contributed by atoms with Crippen molar-refractivity contribution in [1.29, 1.82) is 0 Å². The number of benzene rings is 1. The third-order valence-electron chi connectivity index (χ3n) is 3.24. The van der Waals surface area contributed by atoms with Gasteiger partial charge in [0.15, 0.2) is 0 Å². The number of amides is 1. The number of carbonyl (C=O) groups excluding carboxylic acids is 1. The van der Waals surface area contributed by atoms with Gasteiger partial charge in [-0.25, -0.2) is 10.4 Å². The third kappa shape index (κ3) is 3.17. The molecule has 1 amide bonds. The Hall–Kier alpha value is -2.86. The summed E-state index contributed by atoms with van der Waals surface area (Å²) >= 11 is 5.97. The van der Waals surface area contributed by atoms with Crippen molar-refractivity contribution in [3.05, 3.63) is 64.6 Å². The molecule has 0 radical (unpaired) electrons. The number of fused-ring (bicyclic) bond motifs is 1. The summed E-state index contributed by atoms with van der Waals surface area (Å²) < 4.78 is 1.63. The first-order chi connectivity index (χ1) is 11.0. The van der Waals surface area contributed by atoms with E-state index in [-0.39, 0.29) is 11.7 Å². The number of nitrogens with one attached hydrogen (secondary N) is 1. The number of hydrogen-bond donors (Lipinski definition) is 2. The van der Waals surface area contributed by atoms with Gasteiger partial charge in [-0.15, -0.1) is 0 Å². The van der Waals surface area contributed by atoms with Gasteiger partial charge in [0, 0.05) is 6.20 Å². The molecule has 0 fully saturated rings. The predicted molar refractivity (Wildman–Crippen MR) is 88.1 cm³/mol. The van der Waals surface area contributed by atoms with Gasteiger partial charge >= 0.3 is 0 Å². The summed E-state index contributed by atoms with van der Waals surface area (Å²) in [4.78, 5) is 16.6. The molecule has 0 spiro atoms. The standard InChI is InChI=1S/C16H13ClN4O2/c1-10-15(21-9-12(17)4-7-14(21)19-10)16(23)20-18-8-11-2-5-13(22)6-3-11/h2-9,22H,1H3,(H,20,23)/b18-8-. The fourth-order valence-electron chi connectivity index (χ4n) is 2.19. The van der Waals surface area contributed by atoms with Gasteiger partial charge in [-0.3, -0.25) is 9.20 Å². The van der Waals surface area contributed by atoms with Crippen molar-refractivity contribution in [2.75, 3.05) is 0 Å². The average molecular weight is 329 g/mol. The molecule has 2 N–H and O–H groups in total. The van der Waals surface area contributed by atoms with Gasteiger partial charge in [-0.05, 0) is 48.9 Å². The van der Waals surface area contributed by atoms with Gasteiger partial charge in [0.25, 0.3) is 5.91 Å². The van der Waals surface area contributed by atoms with Gasteiger partial charge in [0.05, 0.1) is 16.9 Å². The number of imidazole rings is 1. The van der Waals surface area contributed by atoms with E-state index >= 15 is 0 Å². The minimum Gasteiger partial charge on any atom is -0.508 e. The molecule has 23 heavy (non-hydrogen) atoms. The van der Waals surface area contributed by atoms with Crippen LogP contribution in [0.1, 0.15) is 21.7 Å². The van der Waals surface area contributed by atoms with Crippen molar-refractivity contribution in [2.24, 2.45) is 5.10 Å². The van der Waals surface area contributed by atoms with Crippen LogP contribution in [-0.2, 0) is 0 Å². The molecule has 6 nitrogen and oxygen atoms in total. The second-order valence-electron chi connectivity index (χ2n) is 4.91. The molecule has 3 rings (SSSR count). The molecule has 2 aromatic heterocycles. The van der Waals surface area contributed by atoms with Gasteiger partial charge < -0.3 is 5.11 Å². The number of aryl methyl sites for hydroxylation is 1. The van der Waals surface area contributed by atoms with Crippen LogP contribution in [-0.4, -0.2) is 26.6 Å². The minimum absolute atomic E-state index is 0.171. The first-order valence-corrected chi connectivity index (χ1v) is 7.19. The molecule has 0 aliphatic carbocycles. The Kier molecular flexibility index (Phi) is 3.99. The highest BCUT2D eigenvalue weighted by Crippen LogP contribution is 2.16. The number of nitrogens with zero attached hydrogens (tertiary/aromatic N) is 3. The van der Waals surface area contributed by atoms with E-state index < -0.39 is 0 Å². The highest BCUT2D eigenvalue weighted by molar-refractivity contribution is 6.30. The summed E-state index contributed by atoms with van der Waals surface area (Å²) in [5, 5.41) is 13.6. The summed E-state index contributed by atoms with van der Waals surface area (Å²) in [6.07, 6.45) is 3.12. The Morgan fingerprint density at radius 2 is 2.04 bits per heavy atom. The number of hydrazone groups is 1. The van der Waals surface area contributed by atoms with Crippen LogP contribution in [0.4, 0.5) is 0 Å². The molecular formula is C16H13ClN4O2. The number of carbonyl (C=O) groups is 1. The summed E-state index contributed by atoms with van der Waals surface area (Å²) in [6.45, 7) is 1.75. The normalized spacial score (nSPS) is 11.2. The van der Waals surface area contributed by atoms with Gasteiger partial charge in [0.2, 0.25) is 0 Å². The fourth-order valence-corrected chi connectivity index (χ4v) is 2.35. The fraction of sp³-hybridized carbons (Fsp3) is 0.0625. The van der Waals surface area contributed by atoms with Crippen LogP contribution in [0, 0.1) is 6.92 Å². The molecular weight excluding hydrogens is 316 g/mol. The molecule has 116 valence electrons. The molecule has 2 heterocycles. The van der Waals surface area contributed by atoms with Gasteiger partial charge in [-0.1, -0.05) is 11.6 Å². The van der Waals surface area contributed by atoms with Crippen LogP contribution in [0.5, 0.6) is 5.75 Å². The molecule has 7 heteroatoms. The second kappa shape index (κ2) is 6.10. The van der Waals surface area contributed by atoms with Crippen molar-refractivity contribution < 1.29 is 9.90 Å². The molecule has 3 aromatic rings. The van der Waals surface area contributed by atoms with Crippen molar-refractivity contribution in [3.63, 3.8) is 0 Å². The maximum Gasteiger partial charge on any atom is 0.290 e. The summed E-state index contributed by atoms with van der Waals surface area (Å²) in [5.41, 5.74) is 4.82. The van der Waals surface area contributed by atoms with Crippen LogP contribution in [0.3, 0.4) is 0 Å². The average Bonchev–Trinajstić information content (AvgIpc) is 2.84. The monoisotopic (exact) mass is 328 g/mol. The Bertz CT molecular complexity index is 900. The van der Waals surface area contributed by atoms with Gasteiger partial charge in [-0.2, -0.15) is 5.10 Å². The predicted octanol–water partition coefficient (Wildman–Crippen LogP) is 2.77. The van der Waals surface area contributed by atoms with E-state index in [2.05, 4.69) is 15.5 Å². The van der Waals surface area contributed by atoms with Crippen molar-refractivity contribution >= 4 is 29.4 Å². The molecule has 0 saturated heterocycles. The number of hydrogen-bond acceptors (Lipinski definition) is 4. The lowest BCUT2D eigenvalue weighted by atomic mass is 10.2. The smallest absolute Gasteiger partial charge is 0.290 e. The van der Waals surface area contributed by atoms with E-state index in [0.29, 0.717) is 22.1 Å². The van der Waals surface area contributed by atoms with Crippen LogP contribution >= 0.6 is 11.6 Å². The third-order valence-corrected chi connectivity index (χ3v) is 3.47. The van der Waals surface area contributed by atoms with Crippen molar-refractivity contribution in [3.8, 4) is 5.75 Å². The summed E-state index contributed by atoms with van der Waals surface area (Å²) in [6, 6.07) is 9.91. The first kappa shape index (κ1) is 15.1. The lowest BCUT2D eigenvalue weighted by Crippen LogP contribution is -2.20. The number of aromatic hydroxyl groups is 1. The number of pyridine rings is 1. The second-order valence-corrected chi connectivity index (χ2v) is 5.35. The number of phenols is 1. The van der Waals surface area contributed by atoms with E-state index in [1.54, 1.807) is 53.9 Å². The maximum absolute atomic E-state index is 12.3. The zero-order valence-electron chi connectivity index (χ0n) is 12.2. The van der Waals surface area contributed by atoms with Gasteiger partial charge in [0.1, 0.15) is 17.1 Å². The van der Waals surface area contributed by atoms with E-state index in [1.165, 1.54) is 6.21 Å². The van der Waals surface area contributed by atoms with Crippen molar-refractivity contribution in [1.82, 2.24) is 14.8 Å². The molecule has 0 aliphatic heterocycles. The zero-order valence-corrected chi connectivity index (χ0v) is 12.9. The number of rotatable bonds is 3. The van der Waals surface area contributed by atoms with Crippen molar-refractivity contribution in [2.45, 2.75) is 6.92 Å². The van der Waals surface area contributed by atoms with E-state index in [1.807, 2.05) is 0 Å². The van der Waals surface area contributed by atoms with E-state index in [0.717, 1.165) is 5.56 Å². The molecule has 0 bridgehead atoms. The Labute approximate surface area is 137 Å². The molecule has 0 atom stereocenters. The van der Waals surface area contributed by atoms with Crippen LogP contribution in [0.25, 0.3) is 5.65 Å². The van der Waals surface area contributed by atoms with Crippen LogP contribution in [0.2, 0.25) is 5.02 Å². The molecule has 0 unspecified atom stereocenters. The Morgan fingerprint density at radius 3 is 2.78 bits per heavy atom.